The Kier molecular flexibility index (Phi) is 3.62. The van der Waals surface area contributed by atoms with Crippen molar-refractivity contribution >= 4 is 22.3 Å². The predicted molar refractivity (Wildman–Crippen MR) is 108 cm³/mol. The largest absolute Gasteiger partial charge is 0.348 e. The standard InChI is InChI=1S/C22H22N2OS/c25-20(18-13-7-4-8-14-18)21-19(17-11-5-3-6-12-17)23-22(26-21)24-15-9-1-2-10-16-24/h3-8,11-14H,1-2,9-10,15-16H2/i4D,7D,8D,13D,14D. The van der Waals surface area contributed by atoms with Gasteiger partial charge in [-0.3, -0.25) is 4.79 Å². The number of carbonyl (C=O) groups excluding carboxylic acids is 1. The van der Waals surface area contributed by atoms with Crippen LogP contribution in [0.3, 0.4) is 0 Å². The maximum absolute atomic E-state index is 13.5. The Bertz CT molecular complexity index is 1100. The molecule has 0 spiro atoms. The first-order valence-corrected chi connectivity index (χ1v) is 9.64. The molecule has 4 heteroatoms. The Morgan fingerprint density at radius 3 is 2.38 bits per heavy atom. The van der Waals surface area contributed by atoms with Gasteiger partial charge in [-0.25, -0.2) is 4.98 Å². The Labute approximate surface area is 165 Å². The summed E-state index contributed by atoms with van der Waals surface area (Å²) in [6, 6.07) is 6.82. The van der Waals surface area contributed by atoms with Crippen molar-refractivity contribution in [1.82, 2.24) is 4.98 Å². The summed E-state index contributed by atoms with van der Waals surface area (Å²) in [7, 11) is 0. The number of carbonyl (C=O) groups is 1. The highest BCUT2D eigenvalue weighted by molar-refractivity contribution is 7.18. The Hall–Kier alpha value is -2.46. The summed E-state index contributed by atoms with van der Waals surface area (Å²) in [5.41, 5.74) is 0.937. The molecular weight excluding hydrogens is 340 g/mol. The van der Waals surface area contributed by atoms with Crippen LogP contribution in [-0.2, 0) is 0 Å². The van der Waals surface area contributed by atoms with Gasteiger partial charge in [0.2, 0.25) is 5.78 Å². The molecule has 0 N–H and O–H groups in total. The molecule has 3 nitrogen and oxygen atoms in total. The molecule has 0 unspecified atom stereocenters. The third-order valence-electron chi connectivity index (χ3n) is 4.47. The highest BCUT2D eigenvalue weighted by Gasteiger charge is 2.23. The van der Waals surface area contributed by atoms with Crippen LogP contribution in [0.1, 0.15) is 47.8 Å². The molecule has 4 rings (SSSR count). The second-order valence-corrected chi connectivity index (χ2v) is 7.25. The zero-order valence-corrected chi connectivity index (χ0v) is 15.2. The minimum Gasteiger partial charge on any atom is -0.348 e. The van der Waals surface area contributed by atoms with Gasteiger partial charge in [-0.2, -0.15) is 0 Å². The van der Waals surface area contributed by atoms with E-state index >= 15 is 0 Å². The number of anilines is 1. The van der Waals surface area contributed by atoms with Gasteiger partial charge < -0.3 is 4.90 Å². The average Bonchev–Trinajstić information content (AvgIpc) is 3.05. The molecule has 2 heterocycles. The number of aromatic nitrogens is 1. The minimum atomic E-state index is -0.588. The van der Waals surface area contributed by atoms with Crippen molar-refractivity contribution in [2.45, 2.75) is 25.7 Å². The van der Waals surface area contributed by atoms with Crippen molar-refractivity contribution in [1.29, 1.82) is 0 Å². The van der Waals surface area contributed by atoms with Crippen LogP contribution in [0.4, 0.5) is 5.13 Å². The third-order valence-corrected chi connectivity index (χ3v) is 5.59. The van der Waals surface area contributed by atoms with Gasteiger partial charge in [-0.05, 0) is 12.8 Å². The maximum Gasteiger partial charge on any atom is 0.205 e. The molecule has 0 bridgehead atoms. The SMILES string of the molecule is [2H]c1c([2H])c([2H])c(C(=O)c2sc(N3CCCCCC3)nc2-c2ccccc2)c([2H])c1[2H]. The smallest absolute Gasteiger partial charge is 0.205 e. The molecule has 26 heavy (non-hydrogen) atoms. The van der Waals surface area contributed by atoms with E-state index in [1.165, 1.54) is 24.2 Å². The molecule has 0 aliphatic carbocycles. The van der Waals surface area contributed by atoms with E-state index in [0.717, 1.165) is 36.6 Å². The van der Waals surface area contributed by atoms with Crippen molar-refractivity contribution < 1.29 is 11.6 Å². The number of nitrogens with zero attached hydrogens (tertiary/aromatic N) is 2. The van der Waals surface area contributed by atoms with Gasteiger partial charge >= 0.3 is 0 Å². The van der Waals surface area contributed by atoms with Gasteiger partial charge in [0.1, 0.15) is 4.88 Å². The second kappa shape index (κ2) is 7.83. The van der Waals surface area contributed by atoms with Gasteiger partial charge in [-0.15, -0.1) is 0 Å². The van der Waals surface area contributed by atoms with E-state index < -0.39 is 36.0 Å². The fourth-order valence-corrected chi connectivity index (χ4v) is 4.21. The van der Waals surface area contributed by atoms with E-state index in [-0.39, 0.29) is 5.56 Å². The highest BCUT2D eigenvalue weighted by Crippen LogP contribution is 2.35. The summed E-state index contributed by atoms with van der Waals surface area (Å²) in [6.45, 7) is 1.73. The van der Waals surface area contributed by atoms with E-state index in [2.05, 4.69) is 4.90 Å². The molecule has 0 saturated carbocycles. The molecule has 1 aliphatic rings. The van der Waals surface area contributed by atoms with Gasteiger partial charge in [0.05, 0.1) is 12.5 Å². The average molecular weight is 368 g/mol. The summed E-state index contributed by atoms with van der Waals surface area (Å²) in [5.74, 6) is -0.588. The number of benzene rings is 2. The summed E-state index contributed by atoms with van der Waals surface area (Å²) >= 11 is 1.24. The molecule has 0 atom stereocenters. The first kappa shape index (κ1) is 12.0. The number of ketones is 1. The van der Waals surface area contributed by atoms with E-state index in [9.17, 15) is 4.79 Å². The van der Waals surface area contributed by atoms with Crippen LogP contribution in [0.15, 0.2) is 60.5 Å². The third kappa shape index (κ3) is 3.56. The van der Waals surface area contributed by atoms with Gasteiger partial charge in [0.15, 0.2) is 5.13 Å². The quantitative estimate of drug-likeness (QED) is 0.577. The van der Waals surface area contributed by atoms with Crippen LogP contribution >= 0.6 is 11.3 Å². The van der Waals surface area contributed by atoms with Gasteiger partial charge in [0, 0.05) is 24.2 Å². The minimum absolute atomic E-state index is 0.295. The first-order valence-electron chi connectivity index (χ1n) is 11.3. The predicted octanol–water partition coefficient (Wildman–Crippen LogP) is 5.42. The highest BCUT2D eigenvalue weighted by atomic mass is 32.1. The zero-order valence-electron chi connectivity index (χ0n) is 19.3. The molecule has 0 amide bonds. The van der Waals surface area contributed by atoms with Gasteiger partial charge in [-0.1, -0.05) is 84.7 Å². The number of hydrogen-bond acceptors (Lipinski definition) is 4. The molecule has 1 aromatic heterocycles. The van der Waals surface area contributed by atoms with Crippen LogP contribution < -0.4 is 4.90 Å². The summed E-state index contributed by atoms with van der Waals surface area (Å²) in [5, 5.41) is 0.733. The monoisotopic (exact) mass is 367 g/mol. The van der Waals surface area contributed by atoms with Crippen molar-refractivity contribution in [3.8, 4) is 11.3 Å². The van der Waals surface area contributed by atoms with Crippen molar-refractivity contribution in [3.63, 3.8) is 0 Å². The first-order chi connectivity index (χ1) is 14.9. The molecule has 1 saturated heterocycles. The number of hydrogen-bond donors (Lipinski definition) is 0. The Morgan fingerprint density at radius 2 is 1.69 bits per heavy atom. The van der Waals surface area contributed by atoms with E-state index in [0.29, 0.717) is 10.6 Å². The van der Waals surface area contributed by atoms with Crippen molar-refractivity contribution in [3.05, 3.63) is 71.0 Å². The van der Waals surface area contributed by atoms with Crippen LogP contribution in [0, 0.1) is 0 Å². The summed E-state index contributed by atoms with van der Waals surface area (Å²) in [4.78, 5) is 20.8. The normalized spacial score (nSPS) is 17.5. The van der Waals surface area contributed by atoms with Gasteiger partial charge in [0.25, 0.3) is 0 Å². The van der Waals surface area contributed by atoms with E-state index in [4.69, 9.17) is 11.8 Å². The van der Waals surface area contributed by atoms with Crippen molar-refractivity contribution in [2.24, 2.45) is 0 Å². The molecular formula is C22H22N2OS. The van der Waals surface area contributed by atoms with E-state index in [1.54, 1.807) is 0 Å². The fourth-order valence-electron chi connectivity index (χ4n) is 3.13. The number of thiazole rings is 1. The lowest BCUT2D eigenvalue weighted by Crippen LogP contribution is -2.23. The van der Waals surface area contributed by atoms with E-state index in [1.807, 2.05) is 30.3 Å². The lowest BCUT2D eigenvalue weighted by molar-refractivity contribution is 0.104. The lowest BCUT2D eigenvalue weighted by Gasteiger charge is -2.18. The van der Waals surface area contributed by atoms with Crippen LogP contribution in [0.2, 0.25) is 0 Å². The Balaban J connectivity index is 1.87. The van der Waals surface area contributed by atoms with Crippen LogP contribution in [-0.4, -0.2) is 23.9 Å². The molecule has 2 aromatic carbocycles. The number of rotatable bonds is 4. The lowest BCUT2D eigenvalue weighted by atomic mass is 10.1. The van der Waals surface area contributed by atoms with Crippen molar-refractivity contribution in [2.75, 3.05) is 18.0 Å². The molecule has 1 fully saturated rings. The molecule has 0 radical (unpaired) electrons. The fraction of sp³-hybridized carbons (Fsp3) is 0.273. The second-order valence-electron chi connectivity index (χ2n) is 6.27. The summed E-state index contributed by atoms with van der Waals surface area (Å²) in [6.07, 6.45) is 4.46. The molecule has 132 valence electrons. The summed E-state index contributed by atoms with van der Waals surface area (Å²) < 4.78 is 40.0. The zero-order chi connectivity index (χ0) is 22.1. The molecule has 3 aromatic rings. The van der Waals surface area contributed by atoms with Crippen LogP contribution in [0.25, 0.3) is 11.3 Å². The maximum atomic E-state index is 13.5. The molecule has 1 aliphatic heterocycles. The topological polar surface area (TPSA) is 33.2 Å². The Morgan fingerprint density at radius 1 is 1.00 bits per heavy atom. The van der Waals surface area contributed by atoms with Crippen LogP contribution in [0.5, 0.6) is 0 Å².